The van der Waals surface area contributed by atoms with Crippen LogP contribution < -0.4 is 5.73 Å². The summed E-state index contributed by atoms with van der Waals surface area (Å²) in [7, 11) is -3.72. The van der Waals surface area contributed by atoms with Crippen molar-refractivity contribution < 1.29 is 22.4 Å². The molecule has 0 spiro atoms. The zero-order chi connectivity index (χ0) is 15.7. The van der Waals surface area contributed by atoms with Gasteiger partial charge in [0.25, 0.3) is 15.9 Å². The minimum absolute atomic E-state index is 0.0286. The van der Waals surface area contributed by atoms with E-state index < -0.39 is 10.0 Å². The lowest BCUT2D eigenvalue weighted by Crippen LogP contribution is -2.40. The van der Waals surface area contributed by atoms with Gasteiger partial charge in [-0.3, -0.25) is 4.79 Å². The van der Waals surface area contributed by atoms with E-state index in [2.05, 4.69) is 0 Å². The third-order valence-electron chi connectivity index (χ3n) is 3.87. The summed E-state index contributed by atoms with van der Waals surface area (Å²) in [6, 6.07) is 2.70. The Morgan fingerprint density at radius 1 is 1.23 bits per heavy atom. The molecule has 2 N–H and O–H groups in total. The number of likely N-dealkylation sites (tertiary alicyclic amines) is 1. The Morgan fingerprint density at radius 2 is 1.95 bits per heavy atom. The van der Waals surface area contributed by atoms with Gasteiger partial charge in [-0.1, -0.05) is 0 Å². The maximum absolute atomic E-state index is 12.4. The number of morpholine rings is 1. The van der Waals surface area contributed by atoms with Crippen molar-refractivity contribution in [3.05, 3.63) is 17.9 Å². The predicted molar refractivity (Wildman–Crippen MR) is 76.8 cm³/mol. The average Bonchev–Trinajstić information content (AvgIpc) is 3.17. The van der Waals surface area contributed by atoms with E-state index in [1.807, 2.05) is 0 Å². The molecule has 2 aliphatic rings. The van der Waals surface area contributed by atoms with Gasteiger partial charge in [0, 0.05) is 32.2 Å². The quantitative estimate of drug-likeness (QED) is 0.799. The zero-order valence-corrected chi connectivity index (χ0v) is 12.9. The molecular formula is C13H19N3O5S. The Bertz CT molecular complexity index is 650. The second-order valence-electron chi connectivity index (χ2n) is 5.44. The lowest BCUT2D eigenvalue weighted by atomic mass is 10.3. The number of nitrogens with two attached hydrogens (primary N) is 1. The van der Waals surface area contributed by atoms with Crippen LogP contribution in [0.15, 0.2) is 21.6 Å². The van der Waals surface area contributed by atoms with Crippen LogP contribution in [-0.4, -0.2) is 69.0 Å². The van der Waals surface area contributed by atoms with E-state index in [1.54, 1.807) is 4.90 Å². The normalized spacial score (nSPS) is 23.9. The van der Waals surface area contributed by atoms with E-state index in [-0.39, 0.29) is 35.9 Å². The lowest BCUT2D eigenvalue weighted by Gasteiger charge is -2.24. The Hall–Kier alpha value is -1.42. The highest BCUT2D eigenvalue weighted by Gasteiger charge is 2.32. The molecule has 1 unspecified atom stereocenters. The summed E-state index contributed by atoms with van der Waals surface area (Å²) in [6.45, 7) is 2.31. The van der Waals surface area contributed by atoms with E-state index in [0.29, 0.717) is 26.3 Å². The maximum Gasteiger partial charge on any atom is 0.289 e. The molecule has 2 saturated heterocycles. The number of ether oxygens (including phenoxy) is 1. The maximum atomic E-state index is 12.4. The second-order valence-corrected chi connectivity index (χ2v) is 7.30. The van der Waals surface area contributed by atoms with Gasteiger partial charge in [-0.15, -0.1) is 0 Å². The van der Waals surface area contributed by atoms with E-state index in [4.69, 9.17) is 14.9 Å². The van der Waals surface area contributed by atoms with Gasteiger partial charge in [0.05, 0.1) is 13.2 Å². The monoisotopic (exact) mass is 329 g/mol. The first-order valence-electron chi connectivity index (χ1n) is 7.21. The van der Waals surface area contributed by atoms with Crippen LogP contribution in [0.3, 0.4) is 0 Å². The molecule has 0 radical (unpaired) electrons. The summed E-state index contributed by atoms with van der Waals surface area (Å²) in [6.07, 6.45) is 0.741. The van der Waals surface area contributed by atoms with Crippen molar-refractivity contribution in [1.82, 2.24) is 9.21 Å². The van der Waals surface area contributed by atoms with Gasteiger partial charge < -0.3 is 19.8 Å². The summed E-state index contributed by atoms with van der Waals surface area (Å²) in [5.74, 6) is -0.294. The Labute approximate surface area is 128 Å². The van der Waals surface area contributed by atoms with Crippen molar-refractivity contribution in [3.63, 3.8) is 0 Å². The molecule has 0 aromatic carbocycles. The summed E-state index contributed by atoms with van der Waals surface area (Å²) in [4.78, 5) is 13.8. The first-order valence-corrected chi connectivity index (χ1v) is 8.65. The molecule has 0 aliphatic carbocycles. The van der Waals surface area contributed by atoms with Crippen LogP contribution in [0, 0.1) is 0 Å². The second kappa shape index (κ2) is 5.99. The summed E-state index contributed by atoms with van der Waals surface area (Å²) in [5.41, 5.74) is 5.77. The third kappa shape index (κ3) is 2.89. The standard InChI is InChI=1S/C13H19N3O5S/c14-10-3-4-15(9-10)13(17)11-1-2-12(21-11)22(18,19)16-5-7-20-8-6-16/h1-2,10H,3-9,14H2. The summed E-state index contributed by atoms with van der Waals surface area (Å²) < 4.78 is 36.6. The van der Waals surface area contributed by atoms with Crippen molar-refractivity contribution in [1.29, 1.82) is 0 Å². The van der Waals surface area contributed by atoms with Crippen molar-refractivity contribution in [2.75, 3.05) is 39.4 Å². The first kappa shape index (κ1) is 15.5. The van der Waals surface area contributed by atoms with Crippen molar-refractivity contribution in [2.24, 2.45) is 5.73 Å². The van der Waals surface area contributed by atoms with Gasteiger partial charge in [-0.2, -0.15) is 4.31 Å². The molecule has 2 fully saturated rings. The van der Waals surface area contributed by atoms with Crippen LogP contribution >= 0.6 is 0 Å². The minimum atomic E-state index is -3.72. The van der Waals surface area contributed by atoms with Gasteiger partial charge >= 0.3 is 0 Å². The van der Waals surface area contributed by atoms with Gasteiger partial charge in [-0.25, -0.2) is 8.42 Å². The number of rotatable bonds is 3. The third-order valence-corrected chi connectivity index (χ3v) is 5.64. The number of hydrogen-bond donors (Lipinski definition) is 1. The van der Waals surface area contributed by atoms with Crippen LogP contribution in [0.5, 0.6) is 0 Å². The average molecular weight is 329 g/mol. The van der Waals surface area contributed by atoms with E-state index in [1.165, 1.54) is 16.4 Å². The van der Waals surface area contributed by atoms with Gasteiger partial charge in [0.2, 0.25) is 5.09 Å². The fourth-order valence-corrected chi connectivity index (χ4v) is 3.93. The van der Waals surface area contributed by atoms with Crippen LogP contribution in [-0.2, 0) is 14.8 Å². The van der Waals surface area contributed by atoms with Crippen molar-refractivity contribution in [2.45, 2.75) is 17.6 Å². The molecule has 122 valence electrons. The van der Waals surface area contributed by atoms with E-state index >= 15 is 0 Å². The summed E-state index contributed by atoms with van der Waals surface area (Å²) >= 11 is 0. The number of nitrogens with zero attached hydrogens (tertiary/aromatic N) is 2. The number of sulfonamides is 1. The predicted octanol–water partition coefficient (Wildman–Crippen LogP) is -0.526. The van der Waals surface area contributed by atoms with Gasteiger partial charge in [-0.05, 0) is 18.6 Å². The number of carbonyl (C=O) groups is 1. The van der Waals surface area contributed by atoms with Crippen molar-refractivity contribution >= 4 is 15.9 Å². The molecule has 1 atom stereocenters. The minimum Gasteiger partial charge on any atom is -0.438 e. The Balaban J connectivity index is 1.76. The fraction of sp³-hybridized carbons (Fsp3) is 0.615. The van der Waals surface area contributed by atoms with E-state index in [9.17, 15) is 13.2 Å². The highest BCUT2D eigenvalue weighted by molar-refractivity contribution is 7.89. The molecule has 0 bridgehead atoms. The molecule has 3 rings (SSSR count). The van der Waals surface area contributed by atoms with Crippen LogP contribution in [0.2, 0.25) is 0 Å². The molecule has 1 aromatic heterocycles. The number of hydrogen-bond acceptors (Lipinski definition) is 6. The highest BCUT2D eigenvalue weighted by atomic mass is 32.2. The van der Waals surface area contributed by atoms with Crippen LogP contribution in [0.4, 0.5) is 0 Å². The molecule has 1 amide bonds. The van der Waals surface area contributed by atoms with Gasteiger partial charge in [0.15, 0.2) is 5.76 Å². The molecule has 2 aliphatic heterocycles. The molecular weight excluding hydrogens is 310 g/mol. The Kier molecular flexibility index (Phi) is 4.22. The van der Waals surface area contributed by atoms with Crippen LogP contribution in [0.1, 0.15) is 17.0 Å². The zero-order valence-electron chi connectivity index (χ0n) is 12.1. The Morgan fingerprint density at radius 3 is 2.59 bits per heavy atom. The lowest BCUT2D eigenvalue weighted by molar-refractivity contribution is 0.0715. The number of carbonyl (C=O) groups excluding carboxylic acids is 1. The molecule has 0 saturated carbocycles. The van der Waals surface area contributed by atoms with Crippen molar-refractivity contribution in [3.8, 4) is 0 Å². The molecule has 8 nitrogen and oxygen atoms in total. The van der Waals surface area contributed by atoms with Crippen LogP contribution in [0.25, 0.3) is 0 Å². The number of furan rings is 1. The highest BCUT2D eigenvalue weighted by Crippen LogP contribution is 2.21. The molecule has 22 heavy (non-hydrogen) atoms. The molecule has 9 heteroatoms. The molecule has 3 heterocycles. The smallest absolute Gasteiger partial charge is 0.289 e. The summed E-state index contributed by atoms with van der Waals surface area (Å²) in [5, 5.41) is -0.207. The van der Waals surface area contributed by atoms with Gasteiger partial charge in [0.1, 0.15) is 0 Å². The SMILES string of the molecule is NC1CCN(C(=O)c2ccc(S(=O)(=O)N3CCOCC3)o2)C1. The number of amides is 1. The topological polar surface area (TPSA) is 106 Å². The first-order chi connectivity index (χ1) is 10.5. The largest absolute Gasteiger partial charge is 0.438 e. The van der Waals surface area contributed by atoms with E-state index in [0.717, 1.165) is 6.42 Å². The molecule has 1 aromatic rings. The fourth-order valence-electron chi connectivity index (χ4n) is 2.62.